The topological polar surface area (TPSA) is 35.2 Å². The van der Waals surface area contributed by atoms with E-state index in [-0.39, 0.29) is 5.69 Å². The zero-order chi connectivity index (χ0) is 14.1. The van der Waals surface area contributed by atoms with Crippen molar-refractivity contribution in [3.63, 3.8) is 0 Å². The molecule has 0 heterocycles. The van der Waals surface area contributed by atoms with Gasteiger partial charge in [0.25, 0.3) is 0 Å². The Balaban J connectivity index is 3.18. The van der Waals surface area contributed by atoms with Gasteiger partial charge in [0, 0.05) is 5.69 Å². The molecule has 0 radical (unpaired) electrons. The van der Waals surface area contributed by atoms with Crippen LogP contribution in [-0.4, -0.2) is 12.5 Å². The molecule has 0 bridgehead atoms. The summed E-state index contributed by atoms with van der Waals surface area (Å²) in [4.78, 5) is 0. The number of benzene rings is 1. The number of halogens is 7. The molecule has 0 atom stereocenters. The normalized spacial score (nSPS) is 12.9. The monoisotopic (exact) mass is 277 g/mol. The summed E-state index contributed by atoms with van der Waals surface area (Å²) in [5.41, 5.74) is 3.04. The zero-order valence-corrected chi connectivity index (χ0v) is 8.44. The molecule has 0 aliphatic carbocycles. The highest BCUT2D eigenvalue weighted by Crippen LogP contribution is 2.40. The summed E-state index contributed by atoms with van der Waals surface area (Å²) < 4.78 is 89.4. The van der Waals surface area contributed by atoms with Crippen molar-refractivity contribution in [2.24, 2.45) is 0 Å². The number of ether oxygens (including phenoxy) is 1. The highest BCUT2D eigenvalue weighted by atomic mass is 19.4. The van der Waals surface area contributed by atoms with Gasteiger partial charge in [-0.3, -0.25) is 0 Å². The number of rotatable bonds is 3. The van der Waals surface area contributed by atoms with E-state index in [1.165, 1.54) is 0 Å². The van der Waals surface area contributed by atoms with Crippen molar-refractivity contribution >= 4 is 5.69 Å². The Bertz CT molecular complexity index is 429. The van der Waals surface area contributed by atoms with Crippen LogP contribution in [0.5, 0.6) is 5.75 Å². The standard InChI is InChI=1S/C9H6F7NO/c10-7(11)9(15,16)18-6-2-1-4(17)3-5(6)8(12,13)14/h1-3,7H,17H2. The summed E-state index contributed by atoms with van der Waals surface area (Å²) in [5.74, 6) is -1.41. The van der Waals surface area contributed by atoms with E-state index in [1.54, 1.807) is 0 Å². The van der Waals surface area contributed by atoms with Crippen molar-refractivity contribution in [1.82, 2.24) is 0 Å². The molecule has 0 aromatic heterocycles. The van der Waals surface area contributed by atoms with Gasteiger partial charge in [-0.15, -0.1) is 0 Å². The molecule has 0 saturated carbocycles. The van der Waals surface area contributed by atoms with E-state index in [1.807, 2.05) is 0 Å². The first-order valence-electron chi connectivity index (χ1n) is 4.35. The van der Waals surface area contributed by atoms with E-state index in [0.29, 0.717) is 12.1 Å². The second kappa shape index (κ2) is 4.54. The van der Waals surface area contributed by atoms with Gasteiger partial charge >= 0.3 is 18.7 Å². The van der Waals surface area contributed by atoms with Crippen molar-refractivity contribution in [2.75, 3.05) is 5.73 Å². The third kappa shape index (κ3) is 3.17. The third-order valence-corrected chi connectivity index (χ3v) is 1.81. The smallest absolute Gasteiger partial charge is 0.428 e. The van der Waals surface area contributed by atoms with Crippen molar-refractivity contribution in [2.45, 2.75) is 18.7 Å². The summed E-state index contributed by atoms with van der Waals surface area (Å²) in [6.45, 7) is 0. The molecule has 9 heteroatoms. The molecule has 1 rings (SSSR count). The van der Waals surface area contributed by atoms with Crippen molar-refractivity contribution < 1.29 is 35.5 Å². The van der Waals surface area contributed by atoms with E-state index in [4.69, 9.17) is 5.73 Å². The molecule has 2 N–H and O–H groups in total. The van der Waals surface area contributed by atoms with Crippen molar-refractivity contribution in [1.29, 1.82) is 0 Å². The lowest BCUT2D eigenvalue weighted by Gasteiger charge is -2.20. The first kappa shape index (κ1) is 14.4. The van der Waals surface area contributed by atoms with Crippen LogP contribution in [0, 0.1) is 0 Å². The first-order chi connectivity index (χ1) is 8.04. The maximum Gasteiger partial charge on any atom is 0.461 e. The van der Waals surface area contributed by atoms with Gasteiger partial charge in [-0.2, -0.15) is 30.7 Å². The fraction of sp³-hybridized carbons (Fsp3) is 0.333. The Morgan fingerprint density at radius 1 is 1.06 bits per heavy atom. The van der Waals surface area contributed by atoms with Gasteiger partial charge < -0.3 is 10.5 Å². The van der Waals surface area contributed by atoms with Crippen LogP contribution < -0.4 is 10.5 Å². The van der Waals surface area contributed by atoms with Crippen LogP contribution >= 0.6 is 0 Å². The molecule has 102 valence electrons. The zero-order valence-electron chi connectivity index (χ0n) is 8.44. The van der Waals surface area contributed by atoms with Crippen LogP contribution in [0.15, 0.2) is 18.2 Å². The maximum absolute atomic E-state index is 12.5. The fourth-order valence-electron chi connectivity index (χ4n) is 1.05. The van der Waals surface area contributed by atoms with Crippen LogP contribution in [-0.2, 0) is 6.18 Å². The average molecular weight is 277 g/mol. The van der Waals surface area contributed by atoms with Crippen LogP contribution in [0.25, 0.3) is 0 Å². The largest absolute Gasteiger partial charge is 0.461 e. The Hall–Kier alpha value is -1.67. The van der Waals surface area contributed by atoms with E-state index in [9.17, 15) is 30.7 Å². The highest BCUT2D eigenvalue weighted by Gasteiger charge is 2.46. The predicted molar refractivity (Wildman–Crippen MR) is 47.4 cm³/mol. The predicted octanol–water partition coefficient (Wildman–Crippen LogP) is 3.52. The fourth-order valence-corrected chi connectivity index (χ4v) is 1.05. The van der Waals surface area contributed by atoms with Crippen LogP contribution in [0.4, 0.5) is 36.4 Å². The second-order valence-corrected chi connectivity index (χ2v) is 3.22. The van der Waals surface area contributed by atoms with Gasteiger partial charge in [0.2, 0.25) is 0 Å². The molecule has 0 unspecified atom stereocenters. The van der Waals surface area contributed by atoms with E-state index in [0.717, 1.165) is 6.07 Å². The molecule has 0 aliphatic rings. The lowest BCUT2D eigenvalue weighted by Crippen LogP contribution is -2.34. The average Bonchev–Trinajstić information content (AvgIpc) is 2.18. The number of anilines is 1. The summed E-state index contributed by atoms with van der Waals surface area (Å²) in [6.07, 6.45) is -14.3. The summed E-state index contributed by atoms with van der Waals surface area (Å²) >= 11 is 0. The van der Waals surface area contributed by atoms with Crippen LogP contribution in [0.2, 0.25) is 0 Å². The molecule has 0 fully saturated rings. The number of nitrogen functional groups attached to an aromatic ring is 1. The van der Waals surface area contributed by atoms with Gasteiger partial charge in [-0.25, -0.2) is 0 Å². The first-order valence-corrected chi connectivity index (χ1v) is 4.35. The SMILES string of the molecule is Nc1ccc(OC(F)(F)C(F)F)c(C(F)(F)F)c1. The molecule has 18 heavy (non-hydrogen) atoms. The maximum atomic E-state index is 12.5. The van der Waals surface area contributed by atoms with E-state index < -0.39 is 30.0 Å². The number of nitrogens with two attached hydrogens (primary N) is 1. The Morgan fingerprint density at radius 3 is 2.06 bits per heavy atom. The summed E-state index contributed by atoms with van der Waals surface area (Å²) in [6, 6.07) is 1.59. The molecule has 0 spiro atoms. The van der Waals surface area contributed by atoms with Gasteiger partial charge in [-0.1, -0.05) is 0 Å². The Morgan fingerprint density at radius 2 is 1.61 bits per heavy atom. The van der Waals surface area contributed by atoms with Gasteiger partial charge in [0.05, 0.1) is 5.56 Å². The molecule has 1 aromatic rings. The summed E-state index contributed by atoms with van der Waals surface area (Å²) in [5, 5.41) is 0. The van der Waals surface area contributed by atoms with E-state index in [2.05, 4.69) is 4.74 Å². The van der Waals surface area contributed by atoms with E-state index >= 15 is 0 Å². The molecule has 0 saturated heterocycles. The summed E-state index contributed by atoms with van der Waals surface area (Å²) in [7, 11) is 0. The lowest BCUT2D eigenvalue weighted by atomic mass is 10.1. The Labute approximate surface area is 96.1 Å². The molecule has 1 aromatic carbocycles. The van der Waals surface area contributed by atoms with Gasteiger partial charge in [0.1, 0.15) is 5.75 Å². The second-order valence-electron chi connectivity index (χ2n) is 3.22. The quantitative estimate of drug-likeness (QED) is 0.677. The Kier molecular flexibility index (Phi) is 3.63. The minimum Gasteiger partial charge on any atom is -0.428 e. The van der Waals surface area contributed by atoms with Gasteiger partial charge in [0.15, 0.2) is 0 Å². The number of hydrogen-bond acceptors (Lipinski definition) is 2. The minimum atomic E-state index is -5.05. The van der Waals surface area contributed by atoms with Gasteiger partial charge in [-0.05, 0) is 18.2 Å². The molecule has 0 amide bonds. The molecule has 0 aliphatic heterocycles. The highest BCUT2D eigenvalue weighted by molar-refractivity contribution is 5.49. The minimum absolute atomic E-state index is 0.316. The van der Waals surface area contributed by atoms with Crippen LogP contribution in [0.3, 0.4) is 0 Å². The molecular formula is C9H6F7NO. The molecule has 2 nitrogen and oxygen atoms in total. The number of hydrogen-bond donors (Lipinski definition) is 1. The van der Waals surface area contributed by atoms with Crippen molar-refractivity contribution in [3.05, 3.63) is 23.8 Å². The molecular weight excluding hydrogens is 271 g/mol. The third-order valence-electron chi connectivity index (χ3n) is 1.81. The number of alkyl halides is 7. The van der Waals surface area contributed by atoms with Crippen molar-refractivity contribution in [3.8, 4) is 5.75 Å². The lowest BCUT2D eigenvalue weighted by molar-refractivity contribution is -0.255. The van der Waals surface area contributed by atoms with Crippen LogP contribution in [0.1, 0.15) is 5.56 Å².